The maximum atomic E-state index is 5.53. The van der Waals surface area contributed by atoms with Crippen LogP contribution in [-0.2, 0) is 17.9 Å². The van der Waals surface area contributed by atoms with Crippen LogP contribution in [0.25, 0.3) is 11.0 Å². The van der Waals surface area contributed by atoms with Crippen molar-refractivity contribution in [1.29, 1.82) is 0 Å². The summed E-state index contributed by atoms with van der Waals surface area (Å²) < 4.78 is 2.20. The lowest BCUT2D eigenvalue weighted by molar-refractivity contribution is -0.0767. The highest BCUT2D eigenvalue weighted by Crippen LogP contribution is 2.16. The zero-order valence-electron chi connectivity index (χ0n) is 11.5. The van der Waals surface area contributed by atoms with Gasteiger partial charge in [-0.05, 0) is 39.8 Å². The summed E-state index contributed by atoms with van der Waals surface area (Å²) in [4.78, 5) is 10.1. The first-order valence-electron chi connectivity index (χ1n) is 6.36. The van der Waals surface area contributed by atoms with Gasteiger partial charge in [-0.15, -0.1) is 0 Å². The van der Waals surface area contributed by atoms with E-state index < -0.39 is 0 Å². The predicted octanol–water partition coefficient (Wildman–Crippen LogP) is 2.88. The molecule has 18 heavy (non-hydrogen) atoms. The van der Waals surface area contributed by atoms with Gasteiger partial charge in [0.05, 0.1) is 23.2 Å². The van der Waals surface area contributed by atoms with Crippen LogP contribution in [0, 0.1) is 0 Å². The van der Waals surface area contributed by atoms with Crippen LogP contribution in [0.15, 0.2) is 24.3 Å². The summed E-state index contributed by atoms with van der Waals surface area (Å²) in [5.74, 6) is 1.00. The molecule has 1 aromatic carbocycles. The van der Waals surface area contributed by atoms with Crippen LogP contribution < -0.4 is 5.48 Å². The Balaban J connectivity index is 2.17. The number of fused-ring (bicyclic) bond motifs is 1. The van der Waals surface area contributed by atoms with Gasteiger partial charge in [0.25, 0.3) is 0 Å². The molecule has 0 saturated carbocycles. The second-order valence-corrected chi connectivity index (χ2v) is 5.30. The molecule has 0 saturated heterocycles. The first-order valence-corrected chi connectivity index (χ1v) is 6.36. The number of hydrogen-bond donors (Lipinski definition) is 1. The largest absolute Gasteiger partial charge is 0.327 e. The summed E-state index contributed by atoms with van der Waals surface area (Å²) in [5.41, 5.74) is 5.01. The van der Waals surface area contributed by atoms with Crippen LogP contribution in [0.3, 0.4) is 0 Å². The lowest BCUT2D eigenvalue weighted by Gasteiger charge is -2.19. The number of nitrogens with one attached hydrogen (secondary N) is 1. The van der Waals surface area contributed by atoms with E-state index in [-0.39, 0.29) is 5.60 Å². The van der Waals surface area contributed by atoms with Crippen molar-refractivity contribution in [3.8, 4) is 0 Å². The third kappa shape index (κ3) is 2.89. The first-order chi connectivity index (χ1) is 8.51. The van der Waals surface area contributed by atoms with E-state index in [1.165, 1.54) is 5.52 Å². The maximum absolute atomic E-state index is 5.53. The van der Waals surface area contributed by atoms with Crippen molar-refractivity contribution in [2.75, 3.05) is 0 Å². The van der Waals surface area contributed by atoms with Crippen LogP contribution in [0.4, 0.5) is 0 Å². The quantitative estimate of drug-likeness (QED) is 0.844. The molecule has 0 unspecified atom stereocenters. The highest BCUT2D eigenvalue weighted by Gasteiger charge is 2.12. The Bertz CT molecular complexity index is 525. The molecule has 0 aliphatic rings. The van der Waals surface area contributed by atoms with Gasteiger partial charge in [-0.1, -0.05) is 12.1 Å². The van der Waals surface area contributed by atoms with E-state index in [4.69, 9.17) is 4.84 Å². The van der Waals surface area contributed by atoms with Gasteiger partial charge in [0, 0.05) is 6.54 Å². The molecule has 98 valence electrons. The van der Waals surface area contributed by atoms with Crippen molar-refractivity contribution in [3.63, 3.8) is 0 Å². The lowest BCUT2D eigenvalue weighted by Crippen LogP contribution is -2.29. The minimum Gasteiger partial charge on any atom is -0.327 e. The molecular weight excluding hydrogens is 226 g/mol. The summed E-state index contributed by atoms with van der Waals surface area (Å²) >= 11 is 0. The average Bonchev–Trinajstić information content (AvgIpc) is 2.64. The van der Waals surface area contributed by atoms with Crippen LogP contribution in [0.5, 0.6) is 0 Å². The molecule has 0 radical (unpaired) electrons. The van der Waals surface area contributed by atoms with E-state index in [0.717, 1.165) is 17.9 Å². The van der Waals surface area contributed by atoms with Crippen LogP contribution >= 0.6 is 0 Å². The normalized spacial score (nSPS) is 12.2. The van der Waals surface area contributed by atoms with Crippen molar-refractivity contribution in [2.45, 2.75) is 46.4 Å². The van der Waals surface area contributed by atoms with Gasteiger partial charge < -0.3 is 4.57 Å². The number of nitrogens with zero attached hydrogens (tertiary/aromatic N) is 2. The minimum absolute atomic E-state index is 0.191. The molecule has 4 heteroatoms. The molecule has 0 aliphatic heterocycles. The topological polar surface area (TPSA) is 39.1 Å². The van der Waals surface area contributed by atoms with Crippen molar-refractivity contribution >= 4 is 11.0 Å². The number of para-hydroxylation sites is 2. The average molecular weight is 247 g/mol. The monoisotopic (exact) mass is 247 g/mol. The van der Waals surface area contributed by atoms with E-state index >= 15 is 0 Å². The molecule has 0 atom stereocenters. The minimum atomic E-state index is -0.191. The number of rotatable bonds is 4. The lowest BCUT2D eigenvalue weighted by atomic mass is 10.2. The molecule has 0 spiro atoms. The van der Waals surface area contributed by atoms with Gasteiger partial charge >= 0.3 is 0 Å². The highest BCUT2D eigenvalue weighted by atomic mass is 16.7. The molecule has 4 nitrogen and oxygen atoms in total. The fourth-order valence-corrected chi connectivity index (χ4v) is 1.93. The summed E-state index contributed by atoms with van der Waals surface area (Å²) in [6.07, 6.45) is 0. The Labute approximate surface area is 108 Å². The van der Waals surface area contributed by atoms with Gasteiger partial charge in [-0.25, -0.2) is 4.98 Å². The van der Waals surface area contributed by atoms with Crippen LogP contribution in [-0.4, -0.2) is 15.2 Å². The summed E-state index contributed by atoms with van der Waals surface area (Å²) in [7, 11) is 0. The van der Waals surface area contributed by atoms with Crippen molar-refractivity contribution in [1.82, 2.24) is 15.0 Å². The highest BCUT2D eigenvalue weighted by molar-refractivity contribution is 5.75. The van der Waals surface area contributed by atoms with Crippen molar-refractivity contribution < 1.29 is 4.84 Å². The number of hydroxylamine groups is 1. The molecule has 2 aromatic rings. The Hall–Kier alpha value is -1.39. The van der Waals surface area contributed by atoms with Gasteiger partial charge in [-0.3, -0.25) is 4.84 Å². The Morgan fingerprint density at radius 3 is 2.67 bits per heavy atom. The Kier molecular flexibility index (Phi) is 3.68. The number of aromatic nitrogens is 2. The van der Waals surface area contributed by atoms with Crippen LogP contribution in [0.2, 0.25) is 0 Å². The molecule has 0 bridgehead atoms. The Morgan fingerprint density at radius 1 is 1.28 bits per heavy atom. The molecular formula is C14H21N3O. The summed E-state index contributed by atoms with van der Waals surface area (Å²) in [5, 5.41) is 0. The SMILES string of the molecule is CCn1c(CNOC(C)(C)C)nc2ccccc21. The maximum Gasteiger partial charge on any atom is 0.126 e. The summed E-state index contributed by atoms with van der Waals surface area (Å²) in [6.45, 7) is 9.70. The standard InChI is InChI=1S/C14H21N3O/c1-5-17-12-9-7-6-8-11(12)16-13(17)10-15-18-14(2,3)4/h6-9,15H,5,10H2,1-4H3. The molecule has 1 heterocycles. The smallest absolute Gasteiger partial charge is 0.126 e. The van der Waals surface area contributed by atoms with Crippen molar-refractivity contribution in [3.05, 3.63) is 30.1 Å². The van der Waals surface area contributed by atoms with Gasteiger partial charge in [0.1, 0.15) is 5.82 Å². The third-order valence-electron chi connectivity index (χ3n) is 2.66. The zero-order valence-corrected chi connectivity index (χ0v) is 11.5. The first kappa shape index (κ1) is 13.1. The predicted molar refractivity (Wildman–Crippen MR) is 73.1 cm³/mol. The summed E-state index contributed by atoms with van der Waals surface area (Å²) in [6, 6.07) is 8.19. The van der Waals surface area contributed by atoms with E-state index in [2.05, 4.69) is 28.0 Å². The molecule has 0 aliphatic carbocycles. The van der Waals surface area contributed by atoms with E-state index in [1.54, 1.807) is 0 Å². The fraction of sp³-hybridized carbons (Fsp3) is 0.500. The number of benzene rings is 1. The van der Waals surface area contributed by atoms with E-state index in [1.807, 2.05) is 39.0 Å². The number of imidazole rings is 1. The van der Waals surface area contributed by atoms with Gasteiger partial charge in [0.15, 0.2) is 0 Å². The van der Waals surface area contributed by atoms with Crippen LogP contribution in [0.1, 0.15) is 33.5 Å². The molecule has 0 fully saturated rings. The van der Waals surface area contributed by atoms with Gasteiger partial charge in [0.2, 0.25) is 0 Å². The molecule has 1 aromatic heterocycles. The zero-order chi connectivity index (χ0) is 13.2. The van der Waals surface area contributed by atoms with Gasteiger partial charge in [-0.2, -0.15) is 5.48 Å². The fourth-order valence-electron chi connectivity index (χ4n) is 1.93. The van der Waals surface area contributed by atoms with E-state index in [9.17, 15) is 0 Å². The number of hydrogen-bond acceptors (Lipinski definition) is 3. The molecule has 2 rings (SSSR count). The molecule has 1 N–H and O–H groups in total. The second-order valence-electron chi connectivity index (χ2n) is 5.30. The Morgan fingerprint density at radius 2 is 2.00 bits per heavy atom. The van der Waals surface area contributed by atoms with Crippen molar-refractivity contribution in [2.24, 2.45) is 0 Å². The number of aryl methyl sites for hydroxylation is 1. The second kappa shape index (κ2) is 5.08. The third-order valence-corrected chi connectivity index (χ3v) is 2.66. The van der Waals surface area contributed by atoms with E-state index in [0.29, 0.717) is 6.54 Å². The molecule has 0 amide bonds.